The summed E-state index contributed by atoms with van der Waals surface area (Å²) in [4.78, 5) is 40.7. The van der Waals surface area contributed by atoms with Crippen LogP contribution in [0.2, 0.25) is 0 Å². The van der Waals surface area contributed by atoms with Crippen molar-refractivity contribution < 1.29 is 23.9 Å². The fourth-order valence-corrected chi connectivity index (χ4v) is 4.65. The molecule has 0 saturated carbocycles. The van der Waals surface area contributed by atoms with Crippen molar-refractivity contribution in [3.8, 4) is 0 Å². The Balaban J connectivity index is 1.38. The minimum atomic E-state index is -0.924. The van der Waals surface area contributed by atoms with E-state index >= 15 is 0 Å². The lowest BCUT2D eigenvalue weighted by atomic mass is 9.98. The monoisotopic (exact) mass is 516 g/mol. The minimum Gasteiger partial charge on any atom is -0.448 e. The van der Waals surface area contributed by atoms with Gasteiger partial charge in [0.25, 0.3) is 11.8 Å². The van der Waals surface area contributed by atoms with E-state index in [2.05, 4.69) is 5.32 Å². The van der Waals surface area contributed by atoms with Gasteiger partial charge in [0.1, 0.15) is 5.70 Å². The number of esters is 1. The number of nitrogens with one attached hydrogen (secondary N) is 1. The molecule has 1 N–H and O–H groups in total. The Kier molecular flexibility index (Phi) is 7.08. The van der Waals surface area contributed by atoms with Crippen LogP contribution in [0.5, 0.6) is 0 Å². The highest BCUT2D eigenvalue weighted by molar-refractivity contribution is 6.20. The van der Waals surface area contributed by atoms with Gasteiger partial charge in [0.2, 0.25) is 0 Å². The summed E-state index contributed by atoms with van der Waals surface area (Å²) in [6.07, 6.45) is -1.52. The highest BCUT2D eigenvalue weighted by Crippen LogP contribution is 2.36. The second-order valence-electron chi connectivity index (χ2n) is 8.92. The van der Waals surface area contributed by atoms with Gasteiger partial charge in [-0.15, -0.1) is 11.6 Å². The Labute approximate surface area is 219 Å². The molecule has 0 radical (unpaired) electrons. The number of fused-ring (bicyclic) bond motifs is 1. The summed E-state index contributed by atoms with van der Waals surface area (Å²) in [5, 5.41) is 2.72. The fraction of sp³-hybridized carbons (Fsp3) is 0.207. The highest BCUT2D eigenvalue weighted by atomic mass is 35.5. The zero-order chi connectivity index (χ0) is 25.9. The first-order chi connectivity index (χ1) is 18.0. The van der Waals surface area contributed by atoms with Crippen LogP contribution < -0.4 is 5.32 Å². The maximum absolute atomic E-state index is 13.6. The summed E-state index contributed by atoms with van der Waals surface area (Å²) in [7, 11) is 0. The first kappa shape index (κ1) is 24.7. The van der Waals surface area contributed by atoms with Crippen LogP contribution in [0.4, 0.5) is 0 Å². The molecule has 0 bridgehead atoms. The van der Waals surface area contributed by atoms with E-state index in [0.29, 0.717) is 11.1 Å². The second kappa shape index (κ2) is 10.6. The van der Waals surface area contributed by atoms with Gasteiger partial charge < -0.3 is 14.8 Å². The van der Waals surface area contributed by atoms with E-state index in [1.165, 1.54) is 4.90 Å². The SMILES string of the molecule is Cc1ccc(C(=O)NC2C(=O)N3C(C(=O)OC(c4ccccc4)c4ccccc4)=C(CCl)COC23)cc1. The maximum atomic E-state index is 13.6. The van der Waals surface area contributed by atoms with E-state index in [9.17, 15) is 14.4 Å². The average Bonchev–Trinajstić information content (AvgIpc) is 2.94. The van der Waals surface area contributed by atoms with Crippen molar-refractivity contribution in [2.45, 2.75) is 25.3 Å². The predicted octanol–water partition coefficient (Wildman–Crippen LogP) is 4.12. The third kappa shape index (κ3) is 4.88. The van der Waals surface area contributed by atoms with E-state index in [1.807, 2.05) is 79.7 Å². The van der Waals surface area contributed by atoms with Gasteiger partial charge in [-0.3, -0.25) is 14.5 Å². The molecular weight excluding hydrogens is 492 g/mol. The average molecular weight is 517 g/mol. The van der Waals surface area contributed by atoms with Gasteiger partial charge in [-0.2, -0.15) is 0 Å². The van der Waals surface area contributed by atoms with Crippen LogP contribution in [0.25, 0.3) is 0 Å². The summed E-state index contributed by atoms with van der Waals surface area (Å²) >= 11 is 6.13. The number of amides is 2. The number of halogens is 1. The number of hydrogen-bond acceptors (Lipinski definition) is 5. The van der Waals surface area contributed by atoms with Crippen LogP contribution in [-0.4, -0.2) is 47.4 Å². The molecule has 3 aromatic rings. The first-order valence-corrected chi connectivity index (χ1v) is 12.4. The molecule has 2 aliphatic heterocycles. The molecule has 2 aliphatic rings. The highest BCUT2D eigenvalue weighted by Gasteiger charge is 2.55. The van der Waals surface area contributed by atoms with Crippen molar-refractivity contribution in [3.05, 3.63) is 118 Å². The lowest BCUT2D eigenvalue weighted by Gasteiger charge is -2.49. The summed E-state index contributed by atoms with van der Waals surface area (Å²) in [5.41, 5.74) is 3.53. The van der Waals surface area contributed by atoms with Gasteiger partial charge in [-0.1, -0.05) is 78.4 Å². The summed E-state index contributed by atoms with van der Waals surface area (Å²) < 4.78 is 11.8. The minimum absolute atomic E-state index is 0.0112. The number of carbonyl (C=O) groups is 3. The van der Waals surface area contributed by atoms with Gasteiger partial charge in [0.15, 0.2) is 18.4 Å². The van der Waals surface area contributed by atoms with Crippen LogP contribution in [0.15, 0.2) is 96.2 Å². The lowest BCUT2D eigenvalue weighted by Crippen LogP contribution is -2.73. The molecule has 0 aromatic heterocycles. The molecule has 5 rings (SSSR count). The van der Waals surface area contributed by atoms with Crippen molar-refractivity contribution in [1.82, 2.24) is 10.2 Å². The van der Waals surface area contributed by atoms with Crippen molar-refractivity contribution in [3.63, 3.8) is 0 Å². The normalized spacial score (nSPS) is 18.8. The summed E-state index contributed by atoms with van der Waals surface area (Å²) in [5.74, 6) is -1.55. The molecule has 37 heavy (non-hydrogen) atoms. The smallest absolute Gasteiger partial charge is 0.356 e. The summed E-state index contributed by atoms with van der Waals surface area (Å²) in [6, 6.07) is 24.8. The topological polar surface area (TPSA) is 84.9 Å². The van der Waals surface area contributed by atoms with Crippen LogP contribution in [0.3, 0.4) is 0 Å². The van der Waals surface area contributed by atoms with E-state index in [0.717, 1.165) is 16.7 Å². The van der Waals surface area contributed by atoms with E-state index < -0.39 is 36.2 Å². The molecule has 1 fully saturated rings. The molecule has 188 valence electrons. The quantitative estimate of drug-likeness (QED) is 0.290. The van der Waals surface area contributed by atoms with Crippen molar-refractivity contribution in [2.75, 3.05) is 12.5 Å². The van der Waals surface area contributed by atoms with Gasteiger partial charge in [-0.05, 0) is 30.2 Å². The number of aryl methyl sites for hydroxylation is 1. The number of alkyl halides is 1. The van der Waals surface area contributed by atoms with Crippen molar-refractivity contribution in [1.29, 1.82) is 0 Å². The lowest BCUT2D eigenvalue weighted by molar-refractivity contribution is -0.184. The fourth-order valence-electron chi connectivity index (χ4n) is 4.45. The van der Waals surface area contributed by atoms with Crippen molar-refractivity contribution in [2.24, 2.45) is 0 Å². The van der Waals surface area contributed by atoms with Crippen molar-refractivity contribution >= 4 is 29.4 Å². The zero-order valence-corrected chi connectivity index (χ0v) is 20.9. The Morgan fingerprint density at radius 1 is 1.00 bits per heavy atom. The van der Waals surface area contributed by atoms with Crippen LogP contribution >= 0.6 is 11.6 Å². The van der Waals surface area contributed by atoms with Crippen LogP contribution in [0, 0.1) is 6.92 Å². The molecule has 0 spiro atoms. The molecule has 7 nitrogen and oxygen atoms in total. The Morgan fingerprint density at radius 3 is 2.16 bits per heavy atom. The third-order valence-electron chi connectivity index (χ3n) is 6.43. The predicted molar refractivity (Wildman–Crippen MR) is 138 cm³/mol. The number of rotatable bonds is 7. The van der Waals surface area contributed by atoms with Gasteiger partial charge in [-0.25, -0.2) is 4.79 Å². The first-order valence-electron chi connectivity index (χ1n) is 11.9. The number of benzene rings is 3. The molecule has 8 heteroatoms. The van der Waals surface area contributed by atoms with Gasteiger partial charge >= 0.3 is 5.97 Å². The Morgan fingerprint density at radius 2 is 1.59 bits per heavy atom. The molecule has 2 atom stereocenters. The van der Waals surface area contributed by atoms with E-state index in [1.54, 1.807) is 12.1 Å². The molecule has 2 amide bonds. The standard InChI is InChI=1S/C29H25ClN2O5/c1-18-12-14-21(15-13-18)26(33)31-23-27(34)32-24(22(16-30)17-36-28(23)32)29(35)37-25(19-8-4-2-5-9-19)20-10-6-3-7-11-20/h2-15,23,25,28H,16-17H2,1H3,(H,31,33). The number of ether oxygens (including phenoxy) is 2. The van der Waals surface area contributed by atoms with E-state index in [4.69, 9.17) is 21.1 Å². The number of carbonyl (C=O) groups excluding carboxylic acids is 3. The number of nitrogens with zero attached hydrogens (tertiary/aromatic N) is 1. The maximum Gasteiger partial charge on any atom is 0.356 e. The Bertz CT molecular complexity index is 1300. The van der Waals surface area contributed by atoms with Crippen LogP contribution in [-0.2, 0) is 19.1 Å². The number of hydrogen-bond donors (Lipinski definition) is 1. The molecule has 2 heterocycles. The molecule has 3 aromatic carbocycles. The molecule has 0 aliphatic carbocycles. The molecule has 2 unspecified atom stereocenters. The third-order valence-corrected chi connectivity index (χ3v) is 6.75. The molecular formula is C29H25ClN2O5. The number of β-lactam (4-membered cyclic amide) rings is 1. The van der Waals surface area contributed by atoms with Gasteiger partial charge in [0.05, 0.1) is 6.61 Å². The second-order valence-corrected chi connectivity index (χ2v) is 9.19. The van der Waals surface area contributed by atoms with Crippen LogP contribution in [0.1, 0.15) is 33.2 Å². The van der Waals surface area contributed by atoms with Gasteiger partial charge in [0, 0.05) is 17.0 Å². The Hall–Kier alpha value is -3.94. The van der Waals surface area contributed by atoms with E-state index in [-0.39, 0.29) is 18.2 Å². The zero-order valence-electron chi connectivity index (χ0n) is 20.1. The summed E-state index contributed by atoms with van der Waals surface area (Å²) in [6.45, 7) is 1.97. The molecule has 1 saturated heterocycles. The largest absolute Gasteiger partial charge is 0.448 e.